The van der Waals surface area contributed by atoms with Gasteiger partial charge < -0.3 is 0 Å². The summed E-state index contributed by atoms with van der Waals surface area (Å²) in [6, 6.07) is 0. The highest BCUT2D eigenvalue weighted by atomic mass is 14.8. The molecule has 1 nitrogen and oxygen atoms in total. The van der Waals surface area contributed by atoms with Crippen molar-refractivity contribution in [2.75, 3.05) is 0 Å². The van der Waals surface area contributed by atoms with E-state index in [-0.39, 0.29) is 5.54 Å². The minimum Gasteiger partial charge on any atom is -0.237 e. The minimum absolute atomic E-state index is 0.0851. The van der Waals surface area contributed by atoms with Crippen molar-refractivity contribution >= 4 is 5.87 Å². The second-order valence-electron chi connectivity index (χ2n) is 2.47. The first-order valence-corrected chi connectivity index (χ1v) is 3.42. The van der Waals surface area contributed by atoms with E-state index < -0.39 is 0 Å². The summed E-state index contributed by atoms with van der Waals surface area (Å²) >= 11 is 0. The van der Waals surface area contributed by atoms with Gasteiger partial charge in [0.05, 0.1) is 5.54 Å². The van der Waals surface area contributed by atoms with Gasteiger partial charge in [-0.25, -0.2) is 4.99 Å². The van der Waals surface area contributed by atoms with Crippen molar-refractivity contribution in [1.29, 1.82) is 0 Å². The molecular weight excluding hydrogens is 110 g/mol. The Morgan fingerprint density at radius 2 is 1.89 bits per heavy atom. The Morgan fingerprint density at radius 3 is 2.00 bits per heavy atom. The molecule has 1 heteroatoms. The lowest BCUT2D eigenvalue weighted by molar-refractivity contribution is 0.444. The van der Waals surface area contributed by atoms with Crippen LogP contribution in [0.15, 0.2) is 11.6 Å². The van der Waals surface area contributed by atoms with Crippen molar-refractivity contribution in [2.24, 2.45) is 4.99 Å². The fraction of sp³-hybridized carbons (Fsp3) is 0.750. The van der Waals surface area contributed by atoms with Gasteiger partial charge in [0.25, 0.3) is 0 Å². The molecule has 0 spiro atoms. The SMILES string of the molecule is C=C=NC(C)(CC)CC. The molecule has 0 aromatic carbocycles. The van der Waals surface area contributed by atoms with Gasteiger partial charge in [-0.1, -0.05) is 13.8 Å². The van der Waals surface area contributed by atoms with Crippen molar-refractivity contribution < 1.29 is 0 Å². The molecule has 0 heterocycles. The quantitative estimate of drug-likeness (QED) is 0.514. The summed E-state index contributed by atoms with van der Waals surface area (Å²) in [4.78, 5) is 4.13. The van der Waals surface area contributed by atoms with Gasteiger partial charge in [0, 0.05) is 0 Å². The van der Waals surface area contributed by atoms with Gasteiger partial charge in [0.15, 0.2) is 0 Å². The zero-order valence-corrected chi connectivity index (χ0v) is 6.57. The van der Waals surface area contributed by atoms with Crippen molar-refractivity contribution in [1.82, 2.24) is 0 Å². The van der Waals surface area contributed by atoms with Crippen LogP contribution in [0.2, 0.25) is 0 Å². The molecule has 52 valence electrons. The molecule has 0 unspecified atom stereocenters. The summed E-state index contributed by atoms with van der Waals surface area (Å²) in [6.07, 6.45) is 2.12. The predicted octanol–water partition coefficient (Wildman–Crippen LogP) is 2.42. The number of hydrogen-bond donors (Lipinski definition) is 0. The van der Waals surface area contributed by atoms with E-state index in [4.69, 9.17) is 0 Å². The van der Waals surface area contributed by atoms with Crippen LogP contribution in [0.5, 0.6) is 0 Å². The summed E-state index contributed by atoms with van der Waals surface area (Å²) in [6.45, 7) is 9.82. The highest BCUT2D eigenvalue weighted by Crippen LogP contribution is 2.17. The molecule has 0 aromatic rings. The number of nitrogens with zero attached hydrogens (tertiary/aromatic N) is 1. The maximum atomic E-state index is 4.13. The normalized spacial score (nSPS) is 10.6. The van der Waals surface area contributed by atoms with Gasteiger partial charge in [0.2, 0.25) is 0 Å². The van der Waals surface area contributed by atoms with E-state index in [1.807, 2.05) is 0 Å². The standard InChI is InChI=1S/C8H15N/c1-5-8(4,6-2)9-7-3/h3,5-6H2,1-2,4H3. The zero-order valence-electron chi connectivity index (χ0n) is 6.57. The van der Waals surface area contributed by atoms with E-state index in [1.54, 1.807) is 0 Å². The maximum Gasteiger partial charge on any atom is 0.0668 e. The Balaban J connectivity index is 4.08. The molecule has 0 saturated heterocycles. The largest absolute Gasteiger partial charge is 0.237 e. The van der Waals surface area contributed by atoms with Crippen LogP contribution in [-0.4, -0.2) is 11.4 Å². The molecule has 0 saturated carbocycles. The van der Waals surface area contributed by atoms with Crippen LogP contribution in [0, 0.1) is 0 Å². The van der Waals surface area contributed by atoms with E-state index in [0.29, 0.717) is 0 Å². The van der Waals surface area contributed by atoms with Crippen LogP contribution in [0.1, 0.15) is 33.6 Å². The van der Waals surface area contributed by atoms with Crippen LogP contribution in [0.3, 0.4) is 0 Å². The fourth-order valence-electron chi connectivity index (χ4n) is 0.599. The molecule has 0 aliphatic carbocycles. The lowest BCUT2D eigenvalue weighted by atomic mass is 9.97. The van der Waals surface area contributed by atoms with Gasteiger partial charge in [-0.3, -0.25) is 0 Å². The molecule has 0 atom stereocenters. The van der Waals surface area contributed by atoms with Crippen LogP contribution in [0.25, 0.3) is 0 Å². The van der Waals surface area contributed by atoms with Crippen LogP contribution in [0.4, 0.5) is 0 Å². The summed E-state index contributed by atoms with van der Waals surface area (Å²) in [5.74, 6) is 2.59. The molecule has 0 bridgehead atoms. The number of hydrogen-bond acceptors (Lipinski definition) is 1. The Hall–Kier alpha value is -0.550. The Morgan fingerprint density at radius 1 is 1.44 bits per heavy atom. The molecule has 0 aliphatic heterocycles. The first kappa shape index (κ1) is 8.45. The van der Waals surface area contributed by atoms with Gasteiger partial charge in [0.1, 0.15) is 0 Å². The lowest BCUT2D eigenvalue weighted by Gasteiger charge is -2.18. The zero-order chi connectivity index (χ0) is 7.33. The number of aliphatic imine (C=N–C) groups is 1. The summed E-state index contributed by atoms with van der Waals surface area (Å²) in [7, 11) is 0. The van der Waals surface area contributed by atoms with Crippen molar-refractivity contribution in [3.63, 3.8) is 0 Å². The van der Waals surface area contributed by atoms with Crippen LogP contribution in [-0.2, 0) is 0 Å². The molecule has 9 heavy (non-hydrogen) atoms. The van der Waals surface area contributed by atoms with E-state index in [0.717, 1.165) is 12.8 Å². The Kier molecular flexibility index (Phi) is 3.26. The third-order valence-corrected chi connectivity index (χ3v) is 1.87. The molecular formula is C8H15N. The molecule has 0 radical (unpaired) electrons. The van der Waals surface area contributed by atoms with Crippen molar-refractivity contribution in [3.8, 4) is 0 Å². The average Bonchev–Trinajstić information content (AvgIpc) is 1.89. The van der Waals surface area contributed by atoms with Crippen molar-refractivity contribution in [3.05, 3.63) is 6.58 Å². The predicted molar refractivity (Wildman–Crippen MR) is 42.0 cm³/mol. The Bertz CT molecular complexity index is 117. The molecule has 0 fully saturated rings. The lowest BCUT2D eigenvalue weighted by Crippen LogP contribution is -2.18. The van der Waals surface area contributed by atoms with Gasteiger partial charge in [-0.2, -0.15) is 0 Å². The van der Waals surface area contributed by atoms with E-state index in [9.17, 15) is 0 Å². The van der Waals surface area contributed by atoms with Crippen LogP contribution >= 0.6 is 0 Å². The average molecular weight is 125 g/mol. The first-order chi connectivity index (χ1) is 4.18. The fourth-order valence-corrected chi connectivity index (χ4v) is 0.599. The maximum absolute atomic E-state index is 4.13. The third kappa shape index (κ3) is 2.48. The first-order valence-electron chi connectivity index (χ1n) is 3.42. The van der Waals surface area contributed by atoms with Crippen LogP contribution < -0.4 is 0 Å². The summed E-state index contributed by atoms with van der Waals surface area (Å²) in [5, 5.41) is 0. The second kappa shape index (κ2) is 3.47. The minimum atomic E-state index is 0.0851. The van der Waals surface area contributed by atoms with E-state index in [2.05, 4.69) is 38.2 Å². The summed E-state index contributed by atoms with van der Waals surface area (Å²) in [5.41, 5.74) is 0.0851. The van der Waals surface area contributed by atoms with E-state index >= 15 is 0 Å². The second-order valence-corrected chi connectivity index (χ2v) is 2.47. The molecule has 0 amide bonds. The summed E-state index contributed by atoms with van der Waals surface area (Å²) < 4.78 is 0. The highest BCUT2D eigenvalue weighted by Gasteiger charge is 2.15. The van der Waals surface area contributed by atoms with Gasteiger partial charge >= 0.3 is 0 Å². The third-order valence-electron chi connectivity index (χ3n) is 1.87. The Labute approximate surface area is 57.5 Å². The van der Waals surface area contributed by atoms with E-state index in [1.165, 1.54) is 0 Å². The molecule has 0 aliphatic rings. The van der Waals surface area contributed by atoms with Crippen molar-refractivity contribution in [2.45, 2.75) is 39.2 Å². The molecule has 0 aromatic heterocycles. The monoisotopic (exact) mass is 125 g/mol. The topological polar surface area (TPSA) is 12.4 Å². The highest BCUT2D eigenvalue weighted by molar-refractivity contribution is 5.47. The van der Waals surface area contributed by atoms with Gasteiger partial charge in [-0.15, -0.1) is 0 Å². The van der Waals surface area contributed by atoms with Gasteiger partial charge in [-0.05, 0) is 32.2 Å². The number of rotatable bonds is 3. The molecule has 0 N–H and O–H groups in total. The smallest absolute Gasteiger partial charge is 0.0668 e. The molecule has 0 rings (SSSR count).